The first-order valence-electron chi connectivity index (χ1n) is 8.78. The van der Waals surface area contributed by atoms with Crippen LogP contribution in [0.3, 0.4) is 0 Å². The first-order valence-corrected chi connectivity index (χ1v) is 9.16. The molecule has 1 aliphatic heterocycles. The first-order chi connectivity index (χ1) is 12.6. The Balaban J connectivity index is 1.47. The summed E-state index contributed by atoms with van der Waals surface area (Å²) in [7, 11) is 0. The number of piperazine rings is 1. The van der Waals surface area contributed by atoms with E-state index in [1.807, 2.05) is 18.2 Å². The Morgan fingerprint density at radius 2 is 1.77 bits per heavy atom. The number of carbonyl (C=O) groups excluding carboxylic acids is 1. The van der Waals surface area contributed by atoms with Gasteiger partial charge in [0.05, 0.1) is 6.42 Å². The molecule has 26 heavy (non-hydrogen) atoms. The average molecular weight is 373 g/mol. The molecular weight excluding hydrogens is 351 g/mol. The molecule has 1 saturated heterocycles. The molecular formula is C21H22ClFN2O. The predicted octanol–water partition coefficient (Wildman–Crippen LogP) is 3.88. The molecule has 0 N–H and O–H groups in total. The fourth-order valence-electron chi connectivity index (χ4n) is 3.05. The van der Waals surface area contributed by atoms with Gasteiger partial charge in [-0.15, -0.1) is 0 Å². The molecule has 3 nitrogen and oxygen atoms in total. The second-order valence-corrected chi connectivity index (χ2v) is 6.78. The molecule has 0 radical (unpaired) electrons. The van der Waals surface area contributed by atoms with Crippen LogP contribution in [0.25, 0.3) is 6.08 Å². The SMILES string of the molecule is O=C(Cc1c(F)cccc1Cl)N1CCN(C/C=C/c2ccccc2)CC1. The van der Waals surface area contributed by atoms with Crippen molar-refractivity contribution in [3.05, 3.63) is 76.6 Å². The van der Waals surface area contributed by atoms with E-state index in [4.69, 9.17) is 11.6 Å². The molecule has 0 saturated carbocycles. The quantitative estimate of drug-likeness (QED) is 0.795. The molecule has 1 heterocycles. The third-order valence-corrected chi connectivity index (χ3v) is 4.94. The van der Waals surface area contributed by atoms with Gasteiger partial charge in [-0.2, -0.15) is 0 Å². The Labute approximate surface area is 158 Å². The Kier molecular flexibility index (Phi) is 6.42. The van der Waals surface area contributed by atoms with Crippen molar-refractivity contribution in [1.82, 2.24) is 9.80 Å². The van der Waals surface area contributed by atoms with Crippen LogP contribution in [-0.4, -0.2) is 48.4 Å². The zero-order valence-electron chi connectivity index (χ0n) is 14.6. The van der Waals surface area contributed by atoms with Crippen molar-refractivity contribution in [2.75, 3.05) is 32.7 Å². The summed E-state index contributed by atoms with van der Waals surface area (Å²) in [6, 6.07) is 14.7. The Bertz CT molecular complexity index is 751. The Morgan fingerprint density at radius 3 is 2.46 bits per heavy atom. The van der Waals surface area contributed by atoms with Gasteiger partial charge in [-0.1, -0.05) is 60.2 Å². The lowest BCUT2D eigenvalue weighted by Crippen LogP contribution is -2.49. The summed E-state index contributed by atoms with van der Waals surface area (Å²) in [5.74, 6) is -0.494. The maximum atomic E-state index is 13.8. The average Bonchev–Trinajstić information content (AvgIpc) is 2.66. The number of rotatable bonds is 5. The van der Waals surface area contributed by atoms with Crippen LogP contribution < -0.4 is 0 Å². The molecule has 136 valence electrons. The largest absolute Gasteiger partial charge is 0.340 e. The molecule has 2 aromatic carbocycles. The molecule has 2 aromatic rings. The van der Waals surface area contributed by atoms with Crippen molar-refractivity contribution in [2.24, 2.45) is 0 Å². The Hall–Kier alpha value is -2.17. The molecule has 0 atom stereocenters. The van der Waals surface area contributed by atoms with Crippen LogP contribution in [0.4, 0.5) is 4.39 Å². The van der Waals surface area contributed by atoms with Gasteiger partial charge >= 0.3 is 0 Å². The van der Waals surface area contributed by atoms with Crippen LogP contribution in [0.2, 0.25) is 5.02 Å². The second kappa shape index (κ2) is 8.97. The van der Waals surface area contributed by atoms with Crippen LogP contribution in [0.1, 0.15) is 11.1 Å². The fourth-order valence-corrected chi connectivity index (χ4v) is 3.28. The molecule has 0 bridgehead atoms. The lowest BCUT2D eigenvalue weighted by molar-refractivity contribution is -0.132. The number of benzene rings is 2. The standard InChI is InChI=1S/C21H22ClFN2O/c22-19-9-4-10-20(23)18(19)16-21(26)25-14-12-24(13-15-25)11-5-8-17-6-2-1-3-7-17/h1-10H,11-16H2/b8-5+. The number of halogens is 2. The minimum atomic E-state index is -0.421. The normalized spacial score (nSPS) is 15.5. The van der Waals surface area contributed by atoms with E-state index in [9.17, 15) is 9.18 Å². The van der Waals surface area contributed by atoms with Crippen molar-refractivity contribution >= 4 is 23.6 Å². The van der Waals surface area contributed by atoms with Crippen LogP contribution >= 0.6 is 11.6 Å². The summed E-state index contributed by atoms with van der Waals surface area (Å²) in [6.07, 6.45) is 4.27. The molecule has 1 amide bonds. The van der Waals surface area contributed by atoms with E-state index in [1.165, 1.54) is 11.6 Å². The first kappa shape index (κ1) is 18.6. The van der Waals surface area contributed by atoms with Crippen molar-refractivity contribution < 1.29 is 9.18 Å². The van der Waals surface area contributed by atoms with Crippen molar-refractivity contribution in [3.63, 3.8) is 0 Å². The highest BCUT2D eigenvalue weighted by Crippen LogP contribution is 2.20. The highest BCUT2D eigenvalue weighted by atomic mass is 35.5. The molecule has 0 aromatic heterocycles. The molecule has 1 aliphatic rings. The molecule has 1 fully saturated rings. The highest BCUT2D eigenvalue weighted by Gasteiger charge is 2.22. The third-order valence-electron chi connectivity index (χ3n) is 4.59. The molecule has 0 aliphatic carbocycles. The smallest absolute Gasteiger partial charge is 0.227 e. The second-order valence-electron chi connectivity index (χ2n) is 6.37. The van der Waals surface area contributed by atoms with Crippen LogP contribution in [0.15, 0.2) is 54.6 Å². The fraction of sp³-hybridized carbons (Fsp3) is 0.286. The maximum absolute atomic E-state index is 13.8. The topological polar surface area (TPSA) is 23.6 Å². The minimum Gasteiger partial charge on any atom is -0.340 e. The zero-order valence-corrected chi connectivity index (χ0v) is 15.3. The van der Waals surface area contributed by atoms with Gasteiger partial charge in [0.15, 0.2) is 0 Å². The summed E-state index contributed by atoms with van der Waals surface area (Å²) in [6.45, 7) is 3.80. The molecule has 3 rings (SSSR count). The number of carbonyl (C=O) groups is 1. The van der Waals surface area contributed by atoms with E-state index >= 15 is 0 Å². The summed E-state index contributed by atoms with van der Waals surface area (Å²) in [4.78, 5) is 16.5. The van der Waals surface area contributed by atoms with E-state index in [1.54, 1.807) is 17.0 Å². The van der Waals surface area contributed by atoms with E-state index in [2.05, 4.69) is 29.2 Å². The summed E-state index contributed by atoms with van der Waals surface area (Å²) < 4.78 is 13.8. The van der Waals surface area contributed by atoms with Crippen molar-refractivity contribution in [2.45, 2.75) is 6.42 Å². The minimum absolute atomic E-state index is 0.0133. The van der Waals surface area contributed by atoms with E-state index in [-0.39, 0.29) is 17.9 Å². The van der Waals surface area contributed by atoms with Crippen LogP contribution in [0, 0.1) is 5.82 Å². The molecule has 0 spiro atoms. The van der Waals surface area contributed by atoms with Crippen molar-refractivity contribution in [1.29, 1.82) is 0 Å². The van der Waals surface area contributed by atoms with E-state index in [0.29, 0.717) is 18.1 Å². The van der Waals surface area contributed by atoms with Gasteiger partial charge in [-0.05, 0) is 17.7 Å². The molecule has 5 heteroatoms. The Morgan fingerprint density at radius 1 is 1.04 bits per heavy atom. The number of hydrogen-bond acceptors (Lipinski definition) is 2. The molecule has 0 unspecified atom stereocenters. The maximum Gasteiger partial charge on any atom is 0.227 e. The summed E-state index contributed by atoms with van der Waals surface area (Å²) >= 11 is 6.02. The van der Waals surface area contributed by atoms with E-state index < -0.39 is 5.82 Å². The lowest BCUT2D eigenvalue weighted by atomic mass is 10.1. The number of amides is 1. The van der Waals surface area contributed by atoms with Gasteiger partial charge in [0, 0.05) is 43.3 Å². The third kappa shape index (κ3) is 4.93. The number of nitrogens with zero attached hydrogens (tertiary/aromatic N) is 2. The monoisotopic (exact) mass is 372 g/mol. The lowest BCUT2D eigenvalue weighted by Gasteiger charge is -2.34. The van der Waals surface area contributed by atoms with Gasteiger partial charge in [0.2, 0.25) is 5.91 Å². The van der Waals surface area contributed by atoms with Gasteiger partial charge in [0.1, 0.15) is 5.82 Å². The van der Waals surface area contributed by atoms with Crippen molar-refractivity contribution in [3.8, 4) is 0 Å². The summed E-state index contributed by atoms with van der Waals surface area (Å²) in [5, 5.41) is 0.308. The van der Waals surface area contributed by atoms with Gasteiger partial charge in [0.25, 0.3) is 0 Å². The van der Waals surface area contributed by atoms with Crippen LogP contribution in [0.5, 0.6) is 0 Å². The van der Waals surface area contributed by atoms with Crippen LogP contribution in [-0.2, 0) is 11.2 Å². The number of hydrogen-bond donors (Lipinski definition) is 0. The van der Waals surface area contributed by atoms with E-state index in [0.717, 1.165) is 19.6 Å². The zero-order chi connectivity index (χ0) is 18.4. The van der Waals surface area contributed by atoms with Gasteiger partial charge in [-0.3, -0.25) is 9.69 Å². The summed E-state index contributed by atoms with van der Waals surface area (Å²) in [5.41, 5.74) is 1.47. The predicted molar refractivity (Wildman–Crippen MR) is 104 cm³/mol. The van der Waals surface area contributed by atoms with Gasteiger partial charge in [-0.25, -0.2) is 4.39 Å². The highest BCUT2D eigenvalue weighted by molar-refractivity contribution is 6.31. The van der Waals surface area contributed by atoms with Gasteiger partial charge < -0.3 is 4.90 Å².